The van der Waals surface area contributed by atoms with E-state index in [1.807, 2.05) is 0 Å². The second-order valence-electron chi connectivity index (χ2n) is 5.43. The molecule has 4 nitrogen and oxygen atoms in total. The molecule has 0 aliphatic carbocycles. The number of nitrogens with two attached hydrogens (primary N) is 1. The van der Waals surface area contributed by atoms with Gasteiger partial charge in [-0.05, 0) is 50.5 Å². The van der Waals surface area contributed by atoms with Crippen molar-refractivity contribution in [2.75, 3.05) is 25.9 Å². The second kappa shape index (κ2) is 5.58. The number of rotatable bonds is 2. The summed E-state index contributed by atoms with van der Waals surface area (Å²) >= 11 is 3.70. The lowest BCUT2D eigenvalue weighted by molar-refractivity contribution is 0.255. The molecule has 1 saturated heterocycles. The van der Waals surface area contributed by atoms with Gasteiger partial charge >= 0.3 is 0 Å². The van der Waals surface area contributed by atoms with E-state index in [1.54, 1.807) is 6.07 Å². The van der Waals surface area contributed by atoms with Crippen LogP contribution in [0.5, 0.6) is 0 Å². The van der Waals surface area contributed by atoms with Gasteiger partial charge in [0.2, 0.25) is 5.88 Å². The fourth-order valence-electron chi connectivity index (χ4n) is 2.76. The van der Waals surface area contributed by atoms with E-state index in [0.717, 1.165) is 15.7 Å². The van der Waals surface area contributed by atoms with Crippen molar-refractivity contribution in [3.63, 3.8) is 0 Å². The predicted molar refractivity (Wildman–Crippen MR) is 83.5 cm³/mol. The van der Waals surface area contributed by atoms with Gasteiger partial charge in [-0.1, -0.05) is 33.2 Å². The smallest absolute Gasteiger partial charge is 0.222 e. The molecule has 0 radical (unpaired) electrons. The maximum atomic E-state index is 5.57. The molecule has 0 unspecified atom stereocenters. The summed E-state index contributed by atoms with van der Waals surface area (Å²) < 4.78 is 6.07. The molecule has 0 bridgehead atoms. The molecule has 2 aromatic rings. The standard InChI is InChI=1S/C15H18BrN3O/c1-19-6-4-10(5-7-19)12-3-2-11(8-13(12)16)14-9-15(17)20-18-14/h2-3,8-10H,4-7,17H2,1H3. The minimum absolute atomic E-state index is 0.343. The maximum absolute atomic E-state index is 5.57. The first-order chi connectivity index (χ1) is 9.63. The Kier molecular flexibility index (Phi) is 3.81. The molecule has 1 aromatic carbocycles. The van der Waals surface area contributed by atoms with Gasteiger partial charge in [0.1, 0.15) is 5.69 Å². The summed E-state index contributed by atoms with van der Waals surface area (Å²) in [5, 5.41) is 3.95. The number of hydrogen-bond acceptors (Lipinski definition) is 4. The van der Waals surface area contributed by atoms with Crippen molar-refractivity contribution < 1.29 is 4.52 Å². The van der Waals surface area contributed by atoms with Gasteiger partial charge in [-0.15, -0.1) is 0 Å². The fourth-order valence-corrected chi connectivity index (χ4v) is 3.47. The average molecular weight is 336 g/mol. The highest BCUT2D eigenvalue weighted by atomic mass is 79.9. The number of halogens is 1. The molecular formula is C15H18BrN3O. The molecule has 0 saturated carbocycles. The van der Waals surface area contributed by atoms with Gasteiger partial charge in [0.25, 0.3) is 0 Å². The summed E-state index contributed by atoms with van der Waals surface area (Å²) in [7, 11) is 2.18. The predicted octanol–water partition coefficient (Wildman–Crippen LogP) is 3.50. The Labute approximate surface area is 127 Å². The molecule has 0 spiro atoms. The van der Waals surface area contributed by atoms with Crippen LogP contribution >= 0.6 is 15.9 Å². The molecule has 0 atom stereocenters. The third-order valence-electron chi connectivity index (χ3n) is 3.98. The molecular weight excluding hydrogens is 318 g/mol. The molecule has 1 fully saturated rings. The van der Waals surface area contributed by atoms with Crippen molar-refractivity contribution in [2.45, 2.75) is 18.8 Å². The zero-order valence-electron chi connectivity index (χ0n) is 11.5. The number of aromatic nitrogens is 1. The Morgan fingerprint density at radius 3 is 2.65 bits per heavy atom. The third-order valence-corrected chi connectivity index (χ3v) is 4.67. The Bertz CT molecular complexity index is 603. The maximum Gasteiger partial charge on any atom is 0.222 e. The number of benzene rings is 1. The van der Waals surface area contributed by atoms with Crippen molar-refractivity contribution in [3.05, 3.63) is 34.3 Å². The van der Waals surface area contributed by atoms with Crippen LogP contribution in [0.15, 0.2) is 33.3 Å². The van der Waals surface area contributed by atoms with Gasteiger partial charge in [-0.2, -0.15) is 0 Å². The van der Waals surface area contributed by atoms with E-state index in [9.17, 15) is 0 Å². The lowest BCUT2D eigenvalue weighted by Crippen LogP contribution is -2.29. The number of anilines is 1. The van der Waals surface area contributed by atoms with Gasteiger partial charge < -0.3 is 15.2 Å². The number of nitrogens with zero attached hydrogens (tertiary/aromatic N) is 2. The highest BCUT2D eigenvalue weighted by Crippen LogP contribution is 2.35. The van der Waals surface area contributed by atoms with E-state index in [-0.39, 0.29) is 0 Å². The van der Waals surface area contributed by atoms with Crippen LogP contribution in [0.4, 0.5) is 5.88 Å². The zero-order valence-corrected chi connectivity index (χ0v) is 13.1. The summed E-state index contributed by atoms with van der Waals surface area (Å²) in [5.74, 6) is 0.979. The van der Waals surface area contributed by atoms with E-state index in [2.05, 4.69) is 51.2 Å². The summed E-state index contributed by atoms with van der Waals surface area (Å²) in [6, 6.07) is 8.14. The molecule has 5 heteroatoms. The Balaban J connectivity index is 1.84. The second-order valence-corrected chi connectivity index (χ2v) is 6.28. The van der Waals surface area contributed by atoms with Crippen LogP contribution in [-0.4, -0.2) is 30.2 Å². The van der Waals surface area contributed by atoms with Crippen molar-refractivity contribution in [1.29, 1.82) is 0 Å². The largest absolute Gasteiger partial charge is 0.368 e. The van der Waals surface area contributed by atoms with Crippen LogP contribution in [0.3, 0.4) is 0 Å². The van der Waals surface area contributed by atoms with Crippen molar-refractivity contribution in [1.82, 2.24) is 10.1 Å². The normalized spacial score (nSPS) is 17.5. The minimum Gasteiger partial charge on any atom is -0.368 e. The fraction of sp³-hybridized carbons (Fsp3) is 0.400. The summed E-state index contributed by atoms with van der Waals surface area (Å²) in [6.45, 7) is 2.33. The first-order valence-corrected chi connectivity index (χ1v) is 7.63. The summed E-state index contributed by atoms with van der Waals surface area (Å²) in [5.41, 5.74) is 8.75. The van der Waals surface area contributed by atoms with Crippen LogP contribution in [0.1, 0.15) is 24.3 Å². The van der Waals surface area contributed by atoms with Gasteiger partial charge in [0, 0.05) is 16.1 Å². The Hall–Kier alpha value is -1.33. The average Bonchev–Trinajstić information content (AvgIpc) is 2.87. The lowest BCUT2D eigenvalue weighted by atomic mass is 9.89. The highest BCUT2D eigenvalue weighted by molar-refractivity contribution is 9.10. The van der Waals surface area contributed by atoms with E-state index in [1.165, 1.54) is 31.5 Å². The lowest BCUT2D eigenvalue weighted by Gasteiger charge is -2.29. The van der Waals surface area contributed by atoms with Gasteiger partial charge in [0.05, 0.1) is 0 Å². The van der Waals surface area contributed by atoms with Crippen LogP contribution in [-0.2, 0) is 0 Å². The van der Waals surface area contributed by atoms with Crippen molar-refractivity contribution >= 4 is 21.8 Å². The SMILES string of the molecule is CN1CCC(c2ccc(-c3cc(N)on3)cc2Br)CC1. The van der Waals surface area contributed by atoms with E-state index >= 15 is 0 Å². The zero-order chi connectivity index (χ0) is 14.1. The van der Waals surface area contributed by atoms with Gasteiger partial charge in [-0.3, -0.25) is 0 Å². The molecule has 2 N–H and O–H groups in total. The van der Waals surface area contributed by atoms with E-state index in [0.29, 0.717) is 11.8 Å². The summed E-state index contributed by atoms with van der Waals surface area (Å²) in [4.78, 5) is 2.39. The first-order valence-electron chi connectivity index (χ1n) is 6.84. The summed E-state index contributed by atoms with van der Waals surface area (Å²) in [6.07, 6.45) is 2.43. The van der Waals surface area contributed by atoms with Crippen LogP contribution < -0.4 is 5.73 Å². The molecule has 1 aliphatic heterocycles. The monoisotopic (exact) mass is 335 g/mol. The highest BCUT2D eigenvalue weighted by Gasteiger charge is 2.20. The number of hydrogen-bond donors (Lipinski definition) is 1. The molecule has 1 aromatic heterocycles. The Morgan fingerprint density at radius 2 is 2.05 bits per heavy atom. The van der Waals surface area contributed by atoms with Gasteiger partial charge in [0.15, 0.2) is 0 Å². The first kappa shape index (κ1) is 13.6. The Morgan fingerprint density at radius 1 is 1.30 bits per heavy atom. The molecule has 2 heterocycles. The molecule has 3 rings (SSSR count). The molecule has 1 aliphatic rings. The van der Waals surface area contributed by atoms with Crippen LogP contribution in [0.25, 0.3) is 11.3 Å². The van der Waals surface area contributed by atoms with E-state index in [4.69, 9.17) is 10.3 Å². The molecule has 20 heavy (non-hydrogen) atoms. The van der Waals surface area contributed by atoms with Crippen molar-refractivity contribution in [2.24, 2.45) is 0 Å². The third kappa shape index (κ3) is 2.74. The van der Waals surface area contributed by atoms with Crippen molar-refractivity contribution in [3.8, 4) is 11.3 Å². The quantitative estimate of drug-likeness (QED) is 0.912. The topological polar surface area (TPSA) is 55.3 Å². The van der Waals surface area contributed by atoms with Crippen LogP contribution in [0.2, 0.25) is 0 Å². The number of likely N-dealkylation sites (tertiary alicyclic amines) is 1. The minimum atomic E-state index is 0.343. The van der Waals surface area contributed by atoms with Crippen LogP contribution in [0, 0.1) is 0 Å². The molecule has 0 amide bonds. The number of piperidine rings is 1. The van der Waals surface area contributed by atoms with Gasteiger partial charge in [-0.25, -0.2) is 0 Å². The van der Waals surface area contributed by atoms with E-state index < -0.39 is 0 Å². The molecule has 106 valence electrons. The number of nitrogen functional groups attached to an aromatic ring is 1.